The van der Waals surface area contributed by atoms with Crippen molar-refractivity contribution >= 4 is 21.6 Å². The number of hydrogen-bond donors (Lipinski definition) is 2. The van der Waals surface area contributed by atoms with Gasteiger partial charge in [-0.2, -0.15) is 0 Å². The number of carbonyl (C=O) groups is 1. The van der Waals surface area contributed by atoms with Gasteiger partial charge >= 0.3 is 0 Å². The molecule has 3 rings (SSSR count). The van der Waals surface area contributed by atoms with Gasteiger partial charge in [0.05, 0.1) is 12.0 Å². The van der Waals surface area contributed by atoms with Crippen LogP contribution < -0.4 is 15.2 Å². The molecule has 0 bridgehead atoms. The van der Waals surface area contributed by atoms with Gasteiger partial charge in [-0.3, -0.25) is 4.79 Å². The Kier molecular flexibility index (Phi) is 5.58. The van der Waals surface area contributed by atoms with E-state index in [9.17, 15) is 13.2 Å². The van der Waals surface area contributed by atoms with Gasteiger partial charge in [0.1, 0.15) is 12.4 Å². The molecule has 27 heavy (non-hydrogen) atoms. The number of nitrogens with two attached hydrogens (primary N) is 1. The lowest BCUT2D eigenvalue weighted by molar-refractivity contribution is 0.0993. The lowest BCUT2D eigenvalue weighted by Gasteiger charge is -2.08. The third-order valence-electron chi connectivity index (χ3n) is 3.64. The molecule has 140 valence electrons. The van der Waals surface area contributed by atoms with Gasteiger partial charge in [0, 0.05) is 11.3 Å². The summed E-state index contributed by atoms with van der Waals surface area (Å²) in [5, 5.41) is 7.74. The molecule has 0 fully saturated rings. The van der Waals surface area contributed by atoms with Crippen molar-refractivity contribution in [3.05, 3.63) is 83.8 Å². The van der Waals surface area contributed by atoms with E-state index in [1.54, 1.807) is 30.3 Å². The van der Waals surface area contributed by atoms with Crippen LogP contribution in [0, 0.1) is 0 Å². The summed E-state index contributed by atoms with van der Waals surface area (Å²) in [6.45, 7) is 0.175. The van der Waals surface area contributed by atoms with Crippen LogP contribution >= 0.6 is 0 Å². The Hall–Kier alpha value is -3.10. The summed E-state index contributed by atoms with van der Waals surface area (Å²) in [7, 11) is -3.65. The Bertz CT molecular complexity index is 1030. The van der Waals surface area contributed by atoms with Crippen molar-refractivity contribution in [2.24, 2.45) is 5.14 Å². The van der Waals surface area contributed by atoms with E-state index in [-0.39, 0.29) is 18.1 Å². The molecule has 0 unspecified atom stereocenters. The molecule has 3 aromatic rings. The summed E-state index contributed by atoms with van der Waals surface area (Å²) in [6.07, 6.45) is 1.41. The maximum Gasteiger partial charge on any atom is 0.291 e. The zero-order valence-electron chi connectivity index (χ0n) is 14.3. The number of hydrogen-bond acceptors (Lipinski definition) is 5. The number of furan rings is 1. The van der Waals surface area contributed by atoms with Crippen LogP contribution in [0.1, 0.15) is 21.7 Å². The molecule has 0 aliphatic carbocycles. The van der Waals surface area contributed by atoms with Crippen molar-refractivity contribution in [1.82, 2.24) is 0 Å². The average molecular weight is 386 g/mol. The summed E-state index contributed by atoms with van der Waals surface area (Å²) in [5.41, 5.74) is 1.51. The molecular formula is C19H18N2O5S. The van der Waals surface area contributed by atoms with Gasteiger partial charge in [-0.1, -0.05) is 30.3 Å². The topological polar surface area (TPSA) is 112 Å². The predicted molar refractivity (Wildman–Crippen MR) is 101 cm³/mol. The van der Waals surface area contributed by atoms with Crippen molar-refractivity contribution in [2.45, 2.75) is 12.4 Å². The highest BCUT2D eigenvalue weighted by atomic mass is 32.2. The third-order valence-corrected chi connectivity index (χ3v) is 4.38. The minimum absolute atomic E-state index is 0.128. The average Bonchev–Trinajstić information content (AvgIpc) is 3.08. The fraction of sp³-hybridized carbons (Fsp3) is 0.105. The molecule has 0 aliphatic rings. The van der Waals surface area contributed by atoms with Crippen molar-refractivity contribution in [2.75, 3.05) is 5.32 Å². The van der Waals surface area contributed by atoms with Gasteiger partial charge in [-0.05, 0) is 35.9 Å². The van der Waals surface area contributed by atoms with Crippen LogP contribution in [-0.4, -0.2) is 14.3 Å². The number of sulfonamides is 1. The molecule has 0 radical (unpaired) electrons. The first-order chi connectivity index (χ1) is 12.9. The first kappa shape index (κ1) is 18.7. The van der Waals surface area contributed by atoms with Crippen molar-refractivity contribution in [3.8, 4) is 5.75 Å². The van der Waals surface area contributed by atoms with E-state index < -0.39 is 15.9 Å². The van der Waals surface area contributed by atoms with Crippen molar-refractivity contribution < 1.29 is 22.4 Å². The molecule has 0 atom stereocenters. The number of rotatable bonds is 7. The minimum atomic E-state index is -3.65. The molecule has 0 spiro atoms. The fourth-order valence-corrected chi connectivity index (χ4v) is 3.13. The minimum Gasteiger partial charge on any atom is -0.489 e. The van der Waals surface area contributed by atoms with E-state index >= 15 is 0 Å². The highest BCUT2D eigenvalue weighted by Crippen LogP contribution is 2.18. The van der Waals surface area contributed by atoms with Gasteiger partial charge < -0.3 is 14.5 Å². The monoisotopic (exact) mass is 386 g/mol. The maximum absolute atomic E-state index is 12.5. The second-order valence-corrected chi connectivity index (χ2v) is 7.45. The van der Waals surface area contributed by atoms with E-state index in [0.717, 1.165) is 0 Å². The number of amides is 1. The molecule has 0 saturated carbocycles. The van der Waals surface area contributed by atoms with E-state index in [1.807, 2.05) is 30.3 Å². The molecule has 1 aromatic heterocycles. The summed E-state index contributed by atoms with van der Waals surface area (Å²) in [4.78, 5) is 12.5. The molecule has 0 aliphatic heterocycles. The predicted octanol–water partition coefficient (Wildman–Crippen LogP) is 2.90. The third kappa shape index (κ3) is 5.44. The summed E-state index contributed by atoms with van der Waals surface area (Å²) in [5.74, 6) is 0.0381. The van der Waals surface area contributed by atoms with Crippen molar-refractivity contribution in [3.63, 3.8) is 0 Å². The number of benzene rings is 2. The van der Waals surface area contributed by atoms with Crippen LogP contribution in [0.25, 0.3) is 0 Å². The Morgan fingerprint density at radius 2 is 1.85 bits per heavy atom. The number of nitrogens with one attached hydrogen (secondary N) is 1. The van der Waals surface area contributed by atoms with Gasteiger partial charge in [0.15, 0.2) is 5.76 Å². The van der Waals surface area contributed by atoms with Crippen LogP contribution in [0.3, 0.4) is 0 Å². The second kappa shape index (κ2) is 8.07. The van der Waals surface area contributed by atoms with Crippen molar-refractivity contribution in [1.29, 1.82) is 0 Å². The van der Waals surface area contributed by atoms with Gasteiger partial charge in [-0.15, -0.1) is 0 Å². The number of carbonyl (C=O) groups excluding carboxylic acids is 1. The van der Waals surface area contributed by atoms with E-state index in [4.69, 9.17) is 14.3 Å². The maximum atomic E-state index is 12.5. The number of primary sulfonamides is 1. The first-order valence-electron chi connectivity index (χ1n) is 8.06. The highest BCUT2D eigenvalue weighted by molar-refractivity contribution is 7.88. The lowest BCUT2D eigenvalue weighted by Crippen LogP contribution is -2.16. The van der Waals surface area contributed by atoms with Crippen LogP contribution in [0.15, 0.2) is 71.3 Å². The van der Waals surface area contributed by atoms with Gasteiger partial charge in [0.2, 0.25) is 10.0 Å². The Balaban J connectivity index is 1.69. The molecule has 2 aromatic carbocycles. The summed E-state index contributed by atoms with van der Waals surface area (Å²) in [6, 6.07) is 17.3. The van der Waals surface area contributed by atoms with E-state index in [2.05, 4.69) is 5.32 Å². The number of anilines is 1. The zero-order valence-corrected chi connectivity index (χ0v) is 15.1. The van der Waals surface area contributed by atoms with Gasteiger partial charge in [-0.25, -0.2) is 13.6 Å². The molecule has 1 amide bonds. The Labute approximate surface area is 156 Å². The Morgan fingerprint density at radius 3 is 2.59 bits per heavy atom. The van der Waals surface area contributed by atoms with E-state index in [0.29, 0.717) is 22.6 Å². The summed E-state index contributed by atoms with van der Waals surface area (Å²) >= 11 is 0. The van der Waals surface area contributed by atoms with Crippen LogP contribution in [0.5, 0.6) is 5.75 Å². The second-order valence-electron chi connectivity index (χ2n) is 5.84. The number of para-hydroxylation sites is 1. The molecule has 3 N–H and O–H groups in total. The van der Waals surface area contributed by atoms with E-state index in [1.165, 1.54) is 6.26 Å². The molecule has 8 heteroatoms. The Morgan fingerprint density at radius 1 is 1.07 bits per heavy atom. The lowest BCUT2D eigenvalue weighted by atomic mass is 10.2. The highest BCUT2D eigenvalue weighted by Gasteiger charge is 2.16. The smallest absolute Gasteiger partial charge is 0.291 e. The largest absolute Gasteiger partial charge is 0.489 e. The molecule has 0 saturated heterocycles. The summed E-state index contributed by atoms with van der Waals surface area (Å²) < 4.78 is 33.4. The SMILES string of the molecule is NS(=O)(=O)Cc1cccc(NC(=O)c2occc2COc2ccccc2)c1. The molecule has 7 nitrogen and oxygen atoms in total. The molecular weight excluding hydrogens is 368 g/mol. The standard InChI is InChI=1S/C19H18N2O5S/c20-27(23,24)13-14-5-4-6-16(11-14)21-19(22)18-15(9-10-25-18)12-26-17-7-2-1-3-8-17/h1-11H,12-13H2,(H,21,22)(H2,20,23,24). The quantitative estimate of drug-likeness (QED) is 0.648. The number of ether oxygens (including phenoxy) is 1. The zero-order chi connectivity index (χ0) is 19.3. The van der Waals surface area contributed by atoms with Gasteiger partial charge in [0.25, 0.3) is 5.91 Å². The fourth-order valence-electron chi connectivity index (χ4n) is 2.49. The van der Waals surface area contributed by atoms with Crippen LogP contribution in [0.4, 0.5) is 5.69 Å². The van der Waals surface area contributed by atoms with Crippen LogP contribution in [-0.2, 0) is 22.4 Å². The molecule has 1 heterocycles. The van der Waals surface area contributed by atoms with Crippen LogP contribution in [0.2, 0.25) is 0 Å². The first-order valence-corrected chi connectivity index (χ1v) is 9.77. The normalized spacial score (nSPS) is 11.1.